The van der Waals surface area contributed by atoms with E-state index < -0.39 is 0 Å². The van der Waals surface area contributed by atoms with Crippen LogP contribution in [0.15, 0.2) is 12.7 Å². The molecule has 1 unspecified atom stereocenters. The molecule has 0 saturated heterocycles. The largest absolute Gasteiger partial charge is 0.103 e. The van der Waals surface area contributed by atoms with Crippen molar-refractivity contribution >= 4 is 0 Å². The van der Waals surface area contributed by atoms with Gasteiger partial charge in [-0.25, -0.2) is 0 Å². The van der Waals surface area contributed by atoms with Crippen molar-refractivity contribution in [2.24, 2.45) is 5.92 Å². The van der Waals surface area contributed by atoms with Crippen LogP contribution in [0, 0.1) is 12.8 Å². The van der Waals surface area contributed by atoms with Gasteiger partial charge in [0, 0.05) is 0 Å². The molecule has 1 atom stereocenters. The number of rotatable bonds is 15. The lowest BCUT2D eigenvalue weighted by Crippen LogP contribution is -1.92. The monoisotopic (exact) mass is 265 g/mol. The molecule has 1 radical (unpaired) electrons. The third-order valence-corrected chi connectivity index (χ3v) is 3.97. The third-order valence-electron chi connectivity index (χ3n) is 3.97. The molecule has 0 aromatic carbocycles. The van der Waals surface area contributed by atoms with Crippen molar-refractivity contribution < 1.29 is 0 Å². The SMILES string of the molecule is [CH2]C(CC=C)CCCCCCCCCCCCCC. The molecule has 0 nitrogen and oxygen atoms in total. The Morgan fingerprint density at radius 2 is 1.16 bits per heavy atom. The van der Waals surface area contributed by atoms with Gasteiger partial charge in [-0.05, 0) is 19.3 Å². The van der Waals surface area contributed by atoms with Crippen molar-refractivity contribution in [1.29, 1.82) is 0 Å². The Kier molecular flexibility index (Phi) is 15.6. The van der Waals surface area contributed by atoms with E-state index in [1.165, 1.54) is 83.5 Å². The van der Waals surface area contributed by atoms with Gasteiger partial charge in [0.25, 0.3) is 0 Å². The molecular formula is C19H37. The van der Waals surface area contributed by atoms with E-state index in [0.29, 0.717) is 5.92 Å². The van der Waals surface area contributed by atoms with Gasteiger partial charge in [-0.1, -0.05) is 96.5 Å². The second-order valence-corrected chi connectivity index (χ2v) is 6.07. The van der Waals surface area contributed by atoms with Crippen molar-refractivity contribution in [3.63, 3.8) is 0 Å². The molecule has 0 N–H and O–H groups in total. The van der Waals surface area contributed by atoms with Gasteiger partial charge >= 0.3 is 0 Å². The predicted octanol–water partition coefficient (Wildman–Crippen LogP) is 7.10. The van der Waals surface area contributed by atoms with E-state index in [0.717, 1.165) is 6.42 Å². The molecule has 0 aliphatic carbocycles. The van der Waals surface area contributed by atoms with Gasteiger partial charge < -0.3 is 0 Å². The van der Waals surface area contributed by atoms with Gasteiger partial charge in [-0.15, -0.1) is 6.58 Å². The Bertz CT molecular complexity index is 171. The zero-order valence-electron chi connectivity index (χ0n) is 13.5. The van der Waals surface area contributed by atoms with E-state index in [2.05, 4.69) is 20.4 Å². The van der Waals surface area contributed by atoms with E-state index in [9.17, 15) is 0 Å². The van der Waals surface area contributed by atoms with E-state index in [1.807, 2.05) is 6.08 Å². The van der Waals surface area contributed by atoms with Crippen LogP contribution in [-0.4, -0.2) is 0 Å². The van der Waals surface area contributed by atoms with Crippen LogP contribution in [0.25, 0.3) is 0 Å². The number of unbranched alkanes of at least 4 members (excludes halogenated alkanes) is 11. The third kappa shape index (κ3) is 15.7. The van der Waals surface area contributed by atoms with Crippen LogP contribution < -0.4 is 0 Å². The zero-order valence-corrected chi connectivity index (χ0v) is 13.5. The molecule has 0 bridgehead atoms. The van der Waals surface area contributed by atoms with Crippen LogP contribution in [0.3, 0.4) is 0 Å². The maximum Gasteiger partial charge on any atom is -0.0325 e. The fourth-order valence-electron chi connectivity index (χ4n) is 2.63. The zero-order chi connectivity index (χ0) is 14.2. The van der Waals surface area contributed by atoms with Crippen molar-refractivity contribution in [2.75, 3.05) is 0 Å². The summed E-state index contributed by atoms with van der Waals surface area (Å²) >= 11 is 0. The smallest absolute Gasteiger partial charge is 0.0325 e. The summed E-state index contributed by atoms with van der Waals surface area (Å²) in [7, 11) is 0. The summed E-state index contributed by atoms with van der Waals surface area (Å²) in [5.41, 5.74) is 0. The average Bonchev–Trinajstić information content (AvgIpc) is 2.40. The second-order valence-electron chi connectivity index (χ2n) is 6.07. The highest BCUT2D eigenvalue weighted by molar-refractivity contribution is 4.74. The molecule has 0 aliphatic rings. The van der Waals surface area contributed by atoms with Crippen molar-refractivity contribution in [3.05, 3.63) is 19.6 Å². The highest BCUT2D eigenvalue weighted by atomic mass is 14.0. The predicted molar refractivity (Wildman–Crippen MR) is 89.4 cm³/mol. The standard InChI is InChI=1S/C19H37/c1-4-6-7-8-9-10-11-12-13-14-15-16-18-19(3)17-5-2/h5,19H,2-4,6-18H2,1H3. The normalized spacial score (nSPS) is 12.5. The van der Waals surface area contributed by atoms with Gasteiger partial charge in [-0.2, -0.15) is 0 Å². The van der Waals surface area contributed by atoms with Crippen molar-refractivity contribution in [2.45, 2.75) is 96.8 Å². The first-order valence-corrected chi connectivity index (χ1v) is 8.75. The van der Waals surface area contributed by atoms with Crippen LogP contribution in [0.2, 0.25) is 0 Å². The summed E-state index contributed by atoms with van der Waals surface area (Å²) in [5, 5.41) is 0. The average molecular weight is 266 g/mol. The maximum atomic E-state index is 4.15. The lowest BCUT2D eigenvalue weighted by molar-refractivity contribution is 0.508. The van der Waals surface area contributed by atoms with Gasteiger partial charge in [0.1, 0.15) is 0 Å². The molecule has 113 valence electrons. The van der Waals surface area contributed by atoms with E-state index in [-0.39, 0.29) is 0 Å². The van der Waals surface area contributed by atoms with Gasteiger partial charge in [-0.3, -0.25) is 0 Å². The van der Waals surface area contributed by atoms with Gasteiger partial charge in [0.2, 0.25) is 0 Å². The molecular weight excluding hydrogens is 228 g/mol. The first-order chi connectivity index (χ1) is 9.31. The number of allylic oxidation sites excluding steroid dienone is 1. The molecule has 0 heteroatoms. The van der Waals surface area contributed by atoms with E-state index in [4.69, 9.17) is 0 Å². The Morgan fingerprint density at radius 1 is 0.737 bits per heavy atom. The Morgan fingerprint density at radius 3 is 1.58 bits per heavy atom. The van der Waals surface area contributed by atoms with Gasteiger partial charge in [0.05, 0.1) is 0 Å². The summed E-state index contributed by atoms with van der Waals surface area (Å²) in [6.07, 6.45) is 21.5. The molecule has 0 fully saturated rings. The van der Waals surface area contributed by atoms with Crippen molar-refractivity contribution in [3.8, 4) is 0 Å². The highest BCUT2D eigenvalue weighted by Gasteiger charge is 1.99. The molecule has 0 aliphatic heterocycles. The fourth-order valence-corrected chi connectivity index (χ4v) is 2.63. The van der Waals surface area contributed by atoms with Crippen molar-refractivity contribution in [1.82, 2.24) is 0 Å². The van der Waals surface area contributed by atoms with Crippen LogP contribution in [0.5, 0.6) is 0 Å². The second kappa shape index (κ2) is 15.8. The topological polar surface area (TPSA) is 0 Å². The minimum atomic E-state index is 0.598. The molecule has 0 heterocycles. The maximum absolute atomic E-state index is 4.15. The summed E-state index contributed by atoms with van der Waals surface area (Å²) in [6.45, 7) is 10.2. The molecule has 0 aromatic heterocycles. The summed E-state index contributed by atoms with van der Waals surface area (Å²) in [4.78, 5) is 0. The quantitative estimate of drug-likeness (QED) is 0.219. The number of hydrogen-bond donors (Lipinski definition) is 0. The molecule has 0 spiro atoms. The first kappa shape index (κ1) is 18.7. The minimum Gasteiger partial charge on any atom is -0.103 e. The Balaban J connectivity index is 3.00. The minimum absolute atomic E-state index is 0.598. The summed E-state index contributed by atoms with van der Waals surface area (Å²) in [6, 6.07) is 0. The first-order valence-electron chi connectivity index (χ1n) is 8.75. The molecule has 0 amide bonds. The molecule has 0 rings (SSSR count). The molecule has 0 saturated carbocycles. The lowest BCUT2D eigenvalue weighted by Gasteiger charge is -2.07. The Labute approximate surface area is 123 Å². The van der Waals surface area contributed by atoms with Crippen LogP contribution in [0.4, 0.5) is 0 Å². The van der Waals surface area contributed by atoms with Crippen LogP contribution in [0.1, 0.15) is 96.8 Å². The lowest BCUT2D eigenvalue weighted by atomic mass is 9.99. The fraction of sp³-hybridized carbons (Fsp3) is 0.842. The van der Waals surface area contributed by atoms with E-state index in [1.54, 1.807) is 0 Å². The van der Waals surface area contributed by atoms with E-state index >= 15 is 0 Å². The highest BCUT2D eigenvalue weighted by Crippen LogP contribution is 2.15. The molecule has 0 aromatic rings. The number of hydrogen-bond acceptors (Lipinski definition) is 0. The summed E-state index contributed by atoms with van der Waals surface area (Å²) < 4.78 is 0. The summed E-state index contributed by atoms with van der Waals surface area (Å²) in [5.74, 6) is 0.598. The molecule has 19 heavy (non-hydrogen) atoms. The van der Waals surface area contributed by atoms with Crippen LogP contribution in [-0.2, 0) is 0 Å². The van der Waals surface area contributed by atoms with Gasteiger partial charge in [0.15, 0.2) is 0 Å². The van der Waals surface area contributed by atoms with Crippen LogP contribution >= 0.6 is 0 Å². The Hall–Kier alpha value is -0.260.